The topological polar surface area (TPSA) is 92.3 Å². The molecule has 3 rings (SSSR count). The average molecular weight is 401 g/mol. The van der Waals surface area contributed by atoms with E-state index in [4.69, 9.17) is 18.9 Å². The molecular formula is C21H25N2O6-. The van der Waals surface area contributed by atoms with E-state index in [1.165, 1.54) is 0 Å². The van der Waals surface area contributed by atoms with E-state index in [2.05, 4.69) is 5.32 Å². The number of ether oxygens (including phenoxy) is 4. The van der Waals surface area contributed by atoms with Crippen molar-refractivity contribution in [3.63, 3.8) is 0 Å². The maximum absolute atomic E-state index is 11.7. The van der Waals surface area contributed by atoms with Crippen LogP contribution in [0, 0.1) is 0 Å². The number of carbonyl (C=O) groups is 1. The Balaban J connectivity index is 1.82. The van der Waals surface area contributed by atoms with E-state index in [-0.39, 0.29) is 5.56 Å². The fraction of sp³-hybridized carbons (Fsp3) is 0.381. The minimum Gasteiger partial charge on any atom is -0.545 e. The molecule has 1 aliphatic rings. The van der Waals surface area contributed by atoms with Gasteiger partial charge in [-0.1, -0.05) is 0 Å². The number of methoxy groups -OCH3 is 3. The highest BCUT2D eigenvalue weighted by molar-refractivity contribution is 5.94. The maximum atomic E-state index is 11.7. The summed E-state index contributed by atoms with van der Waals surface area (Å²) in [6.45, 7) is 2.86. The molecule has 1 fully saturated rings. The van der Waals surface area contributed by atoms with Gasteiger partial charge in [0, 0.05) is 48.2 Å². The molecule has 1 saturated heterocycles. The summed E-state index contributed by atoms with van der Waals surface area (Å²) in [6, 6.07) is 8.82. The molecule has 1 heterocycles. The van der Waals surface area contributed by atoms with E-state index in [0.29, 0.717) is 61.5 Å². The van der Waals surface area contributed by atoms with E-state index in [1.807, 2.05) is 17.0 Å². The van der Waals surface area contributed by atoms with Gasteiger partial charge in [-0.3, -0.25) is 0 Å². The summed E-state index contributed by atoms with van der Waals surface area (Å²) in [4.78, 5) is 13.7. The third-order valence-corrected chi connectivity index (χ3v) is 4.84. The van der Waals surface area contributed by atoms with Crippen molar-refractivity contribution >= 4 is 17.3 Å². The third kappa shape index (κ3) is 4.65. The lowest BCUT2D eigenvalue weighted by molar-refractivity contribution is -0.254. The summed E-state index contributed by atoms with van der Waals surface area (Å²) in [7, 11) is 4.71. The van der Waals surface area contributed by atoms with Crippen molar-refractivity contribution in [2.75, 3.05) is 57.8 Å². The molecule has 0 aliphatic carbocycles. The van der Waals surface area contributed by atoms with Crippen molar-refractivity contribution in [2.24, 2.45) is 0 Å². The number of rotatable bonds is 8. The van der Waals surface area contributed by atoms with Gasteiger partial charge in [-0.05, 0) is 24.3 Å². The van der Waals surface area contributed by atoms with Crippen molar-refractivity contribution < 1.29 is 28.8 Å². The van der Waals surface area contributed by atoms with Crippen LogP contribution in [0.1, 0.15) is 15.9 Å². The first-order valence-corrected chi connectivity index (χ1v) is 9.28. The molecule has 0 spiro atoms. The number of nitrogens with one attached hydrogen (secondary N) is 1. The van der Waals surface area contributed by atoms with Crippen molar-refractivity contribution in [1.82, 2.24) is 0 Å². The zero-order valence-electron chi connectivity index (χ0n) is 16.8. The van der Waals surface area contributed by atoms with Gasteiger partial charge in [0.05, 0.1) is 40.5 Å². The van der Waals surface area contributed by atoms with Crippen LogP contribution in [0.5, 0.6) is 17.2 Å². The van der Waals surface area contributed by atoms with E-state index >= 15 is 0 Å². The number of carboxylic acids is 1. The first kappa shape index (κ1) is 20.6. The second-order valence-electron chi connectivity index (χ2n) is 6.49. The summed E-state index contributed by atoms with van der Waals surface area (Å²) in [5.41, 5.74) is 2.30. The second-order valence-corrected chi connectivity index (χ2v) is 6.49. The molecule has 156 valence electrons. The summed E-state index contributed by atoms with van der Waals surface area (Å²) in [5.74, 6) is 0.587. The summed E-state index contributed by atoms with van der Waals surface area (Å²) in [6.07, 6.45) is 0. The highest BCUT2D eigenvalue weighted by atomic mass is 16.5. The Morgan fingerprint density at radius 3 is 2.31 bits per heavy atom. The molecule has 29 heavy (non-hydrogen) atoms. The molecule has 8 nitrogen and oxygen atoms in total. The van der Waals surface area contributed by atoms with E-state index in [0.717, 1.165) is 5.56 Å². The molecule has 8 heteroatoms. The monoisotopic (exact) mass is 401 g/mol. The van der Waals surface area contributed by atoms with Crippen LogP contribution in [0.25, 0.3) is 0 Å². The lowest BCUT2D eigenvalue weighted by Crippen LogP contribution is -2.38. The number of morpholine rings is 1. The van der Waals surface area contributed by atoms with Gasteiger partial charge in [0.25, 0.3) is 0 Å². The molecule has 0 radical (unpaired) electrons. The van der Waals surface area contributed by atoms with Crippen LogP contribution >= 0.6 is 0 Å². The Labute approximate surface area is 169 Å². The van der Waals surface area contributed by atoms with Gasteiger partial charge < -0.3 is 39.1 Å². The van der Waals surface area contributed by atoms with Gasteiger partial charge >= 0.3 is 0 Å². The molecule has 0 bridgehead atoms. The van der Waals surface area contributed by atoms with Crippen LogP contribution in [0.15, 0.2) is 30.3 Å². The summed E-state index contributed by atoms with van der Waals surface area (Å²) in [5, 5.41) is 14.9. The maximum Gasteiger partial charge on any atom is 0.164 e. The fourth-order valence-corrected chi connectivity index (χ4v) is 3.32. The van der Waals surface area contributed by atoms with Gasteiger partial charge in [0.15, 0.2) is 11.5 Å². The summed E-state index contributed by atoms with van der Waals surface area (Å²) < 4.78 is 21.4. The number of aromatic carboxylic acids is 1. The molecule has 2 aromatic rings. The van der Waals surface area contributed by atoms with E-state index in [9.17, 15) is 9.90 Å². The molecule has 2 aromatic carbocycles. The molecule has 0 aromatic heterocycles. The number of benzene rings is 2. The lowest BCUT2D eigenvalue weighted by Gasteiger charge is -2.31. The lowest BCUT2D eigenvalue weighted by atomic mass is 10.1. The smallest absolute Gasteiger partial charge is 0.164 e. The Hall–Kier alpha value is -3.13. The Bertz CT molecular complexity index is 864. The minimum atomic E-state index is -1.21. The highest BCUT2D eigenvalue weighted by Crippen LogP contribution is 2.35. The highest BCUT2D eigenvalue weighted by Gasteiger charge is 2.16. The Morgan fingerprint density at radius 2 is 1.69 bits per heavy atom. The van der Waals surface area contributed by atoms with Gasteiger partial charge in [0.2, 0.25) is 0 Å². The van der Waals surface area contributed by atoms with Gasteiger partial charge in [0.1, 0.15) is 5.75 Å². The first-order valence-electron chi connectivity index (χ1n) is 9.28. The standard InChI is InChI=1S/C21H26N2O6/c1-26-18-12-20(28-3)19(27-2)10-14(18)13-22-15-4-5-17(16(11-15)21(24)25)23-6-8-29-9-7-23/h4-5,10-12,22H,6-9,13H2,1-3H3,(H,24,25)/p-1. The molecular weight excluding hydrogens is 376 g/mol. The largest absolute Gasteiger partial charge is 0.545 e. The fourth-order valence-electron chi connectivity index (χ4n) is 3.32. The minimum absolute atomic E-state index is 0.149. The number of nitrogens with zero attached hydrogens (tertiary/aromatic N) is 1. The van der Waals surface area contributed by atoms with Crippen LogP contribution in [-0.2, 0) is 11.3 Å². The predicted octanol–water partition coefficient (Wildman–Crippen LogP) is 1.52. The number of carbonyl (C=O) groups excluding carboxylic acids is 1. The zero-order valence-corrected chi connectivity index (χ0v) is 16.8. The predicted molar refractivity (Wildman–Crippen MR) is 107 cm³/mol. The molecule has 1 N–H and O–H groups in total. The number of hydrogen-bond acceptors (Lipinski definition) is 8. The zero-order chi connectivity index (χ0) is 20.8. The van der Waals surface area contributed by atoms with Crippen LogP contribution < -0.4 is 29.5 Å². The van der Waals surface area contributed by atoms with E-state index < -0.39 is 5.97 Å². The average Bonchev–Trinajstić information content (AvgIpc) is 2.77. The van der Waals surface area contributed by atoms with Crippen LogP contribution in [0.3, 0.4) is 0 Å². The van der Waals surface area contributed by atoms with Crippen LogP contribution in [0.2, 0.25) is 0 Å². The number of anilines is 2. The van der Waals surface area contributed by atoms with Crippen molar-refractivity contribution in [2.45, 2.75) is 6.54 Å². The van der Waals surface area contributed by atoms with Crippen LogP contribution in [-0.4, -0.2) is 53.6 Å². The van der Waals surface area contributed by atoms with Crippen molar-refractivity contribution in [1.29, 1.82) is 0 Å². The summed E-state index contributed by atoms with van der Waals surface area (Å²) >= 11 is 0. The van der Waals surface area contributed by atoms with Crippen molar-refractivity contribution in [3.8, 4) is 17.2 Å². The van der Waals surface area contributed by atoms with Gasteiger partial charge in [-0.15, -0.1) is 0 Å². The SMILES string of the molecule is COc1cc(OC)c(OC)cc1CNc1ccc(N2CCOCC2)c(C(=O)[O-])c1. The first-order chi connectivity index (χ1) is 14.1. The second kappa shape index (κ2) is 9.38. The van der Waals surface area contributed by atoms with E-state index in [1.54, 1.807) is 39.5 Å². The van der Waals surface area contributed by atoms with Crippen LogP contribution in [0.4, 0.5) is 11.4 Å². The Morgan fingerprint density at radius 1 is 1.03 bits per heavy atom. The normalized spacial score (nSPS) is 13.7. The number of hydrogen-bond donors (Lipinski definition) is 1. The van der Waals surface area contributed by atoms with Crippen molar-refractivity contribution in [3.05, 3.63) is 41.5 Å². The molecule has 0 amide bonds. The molecule has 0 saturated carbocycles. The molecule has 0 unspecified atom stereocenters. The molecule has 0 atom stereocenters. The van der Waals surface area contributed by atoms with Gasteiger partial charge in [-0.2, -0.15) is 0 Å². The number of carboxylic acid groups (broad SMARTS) is 1. The third-order valence-electron chi connectivity index (χ3n) is 4.84. The Kier molecular flexibility index (Phi) is 6.66. The molecule has 1 aliphatic heterocycles. The quantitative estimate of drug-likeness (QED) is 0.712. The van der Waals surface area contributed by atoms with Gasteiger partial charge in [-0.25, -0.2) is 0 Å².